The van der Waals surface area contributed by atoms with Gasteiger partial charge >= 0.3 is 5.76 Å². The van der Waals surface area contributed by atoms with Crippen molar-refractivity contribution in [2.75, 3.05) is 5.32 Å². The molecule has 11 heteroatoms. The Kier molecular flexibility index (Phi) is 5.40. The van der Waals surface area contributed by atoms with Crippen molar-refractivity contribution in [1.29, 1.82) is 0 Å². The molecule has 146 valence electrons. The van der Waals surface area contributed by atoms with Crippen LogP contribution >= 0.6 is 0 Å². The van der Waals surface area contributed by atoms with Gasteiger partial charge in [-0.2, -0.15) is 13.9 Å². The predicted molar refractivity (Wildman–Crippen MR) is 93.3 cm³/mol. The van der Waals surface area contributed by atoms with Crippen LogP contribution in [0.5, 0.6) is 0 Å². The number of anilines is 1. The van der Waals surface area contributed by atoms with Gasteiger partial charge in [0.1, 0.15) is 5.69 Å². The number of nitro groups is 1. The molecule has 8 nitrogen and oxygen atoms in total. The van der Waals surface area contributed by atoms with Crippen LogP contribution in [0.15, 0.2) is 35.4 Å². The summed E-state index contributed by atoms with van der Waals surface area (Å²) in [7, 11) is -4.90. The average molecular weight is 400 g/mol. The van der Waals surface area contributed by atoms with Gasteiger partial charge in [-0.1, -0.05) is 12.8 Å². The van der Waals surface area contributed by atoms with Crippen molar-refractivity contribution in [3.63, 3.8) is 0 Å². The van der Waals surface area contributed by atoms with Gasteiger partial charge in [0.05, 0.1) is 28.1 Å². The van der Waals surface area contributed by atoms with Crippen LogP contribution in [0.1, 0.15) is 37.4 Å². The highest BCUT2D eigenvalue weighted by Crippen LogP contribution is 2.31. The maximum absolute atomic E-state index is 12.6. The van der Waals surface area contributed by atoms with E-state index in [4.69, 9.17) is 0 Å². The summed E-state index contributed by atoms with van der Waals surface area (Å²) >= 11 is 0. The third kappa shape index (κ3) is 4.07. The van der Waals surface area contributed by atoms with Crippen molar-refractivity contribution in [2.24, 2.45) is 0 Å². The quantitative estimate of drug-likeness (QED) is 0.563. The van der Waals surface area contributed by atoms with Crippen LogP contribution in [0, 0.1) is 10.1 Å². The molecule has 3 rings (SSSR count). The molecule has 0 aliphatic heterocycles. The molecule has 1 aromatic carbocycles. The highest BCUT2D eigenvalue weighted by atomic mass is 32.2. The SMILES string of the molecule is O=[N+]([O-])c1cc(S(=O)(=O)C(F)F)ccc1NCc1ccn(C2CCCC2)n1. The molecule has 0 unspecified atom stereocenters. The van der Waals surface area contributed by atoms with Gasteiger partial charge in [-0.05, 0) is 31.0 Å². The normalized spacial score (nSPS) is 15.4. The van der Waals surface area contributed by atoms with Crippen LogP contribution in [-0.2, 0) is 16.4 Å². The third-order valence-corrected chi connectivity index (χ3v) is 5.93. The Hall–Kier alpha value is -2.56. The molecule has 0 spiro atoms. The lowest BCUT2D eigenvalue weighted by atomic mass is 10.2. The first-order valence-corrected chi connectivity index (χ1v) is 9.92. The summed E-state index contributed by atoms with van der Waals surface area (Å²) in [4.78, 5) is 9.62. The summed E-state index contributed by atoms with van der Waals surface area (Å²) in [5.74, 6) is -3.64. The Morgan fingerprint density at radius 3 is 2.63 bits per heavy atom. The molecule has 0 radical (unpaired) electrons. The van der Waals surface area contributed by atoms with E-state index in [9.17, 15) is 27.3 Å². The lowest BCUT2D eigenvalue weighted by Gasteiger charge is -2.10. The summed E-state index contributed by atoms with van der Waals surface area (Å²) in [6.07, 6.45) is 6.33. The van der Waals surface area contributed by atoms with E-state index in [0.29, 0.717) is 17.8 Å². The number of nitrogens with zero attached hydrogens (tertiary/aromatic N) is 3. The molecule has 27 heavy (non-hydrogen) atoms. The van der Waals surface area contributed by atoms with E-state index in [2.05, 4.69) is 10.4 Å². The van der Waals surface area contributed by atoms with Crippen LogP contribution < -0.4 is 5.32 Å². The molecule has 0 atom stereocenters. The van der Waals surface area contributed by atoms with Gasteiger partial charge in [0.2, 0.25) is 9.84 Å². The Balaban J connectivity index is 1.77. The summed E-state index contributed by atoms with van der Waals surface area (Å²) in [5.41, 5.74) is 0.107. The zero-order valence-electron chi connectivity index (χ0n) is 14.2. The number of sulfone groups is 1. The number of halogens is 2. The minimum Gasteiger partial charge on any atom is -0.374 e. The summed E-state index contributed by atoms with van der Waals surface area (Å²) in [5, 5.41) is 18.5. The molecule has 0 bridgehead atoms. The number of aromatic nitrogens is 2. The highest BCUT2D eigenvalue weighted by molar-refractivity contribution is 7.91. The lowest BCUT2D eigenvalue weighted by Crippen LogP contribution is -2.12. The van der Waals surface area contributed by atoms with Crippen molar-refractivity contribution in [1.82, 2.24) is 9.78 Å². The number of hydrogen-bond donors (Lipinski definition) is 1. The largest absolute Gasteiger partial charge is 0.374 e. The van der Waals surface area contributed by atoms with Gasteiger partial charge in [-0.15, -0.1) is 0 Å². The van der Waals surface area contributed by atoms with E-state index >= 15 is 0 Å². The fourth-order valence-electron chi connectivity index (χ4n) is 3.12. The first kappa shape index (κ1) is 19.2. The summed E-state index contributed by atoms with van der Waals surface area (Å²) in [6.45, 7) is 0.182. The summed E-state index contributed by atoms with van der Waals surface area (Å²) < 4.78 is 50.2. The Labute approximate surface area is 154 Å². The highest BCUT2D eigenvalue weighted by Gasteiger charge is 2.29. The number of hydrogen-bond acceptors (Lipinski definition) is 6. The second-order valence-corrected chi connectivity index (χ2v) is 8.24. The fourth-order valence-corrected chi connectivity index (χ4v) is 3.86. The van der Waals surface area contributed by atoms with Crippen LogP contribution in [0.4, 0.5) is 20.2 Å². The summed E-state index contributed by atoms with van der Waals surface area (Å²) in [6, 6.07) is 4.84. The van der Waals surface area contributed by atoms with Crippen LogP contribution in [0.25, 0.3) is 0 Å². The molecule has 0 amide bonds. The molecule has 1 N–H and O–H groups in total. The molecule has 1 aromatic heterocycles. The number of nitrogens with one attached hydrogen (secondary N) is 1. The minimum absolute atomic E-state index is 0.0311. The molecule has 1 aliphatic rings. The maximum Gasteiger partial charge on any atom is 0.341 e. The molecule has 1 aliphatic carbocycles. The predicted octanol–water partition coefficient (Wildman–Crippen LogP) is 3.51. The molecule has 1 fully saturated rings. The van der Waals surface area contributed by atoms with Gasteiger partial charge < -0.3 is 5.32 Å². The second-order valence-electron chi connectivity index (χ2n) is 6.32. The zero-order chi connectivity index (χ0) is 19.6. The first-order chi connectivity index (χ1) is 12.8. The van der Waals surface area contributed by atoms with Gasteiger partial charge in [0.15, 0.2) is 0 Å². The van der Waals surface area contributed by atoms with Gasteiger partial charge in [-0.3, -0.25) is 14.8 Å². The van der Waals surface area contributed by atoms with Crippen LogP contribution in [-0.4, -0.2) is 28.9 Å². The van der Waals surface area contributed by atoms with Crippen molar-refractivity contribution >= 4 is 21.2 Å². The maximum atomic E-state index is 12.6. The molecular formula is C16H18F2N4O4S. The van der Waals surface area contributed by atoms with Gasteiger partial charge in [0, 0.05) is 12.3 Å². The van der Waals surface area contributed by atoms with E-state index in [1.807, 2.05) is 10.9 Å². The minimum atomic E-state index is -4.90. The second kappa shape index (κ2) is 7.59. The van der Waals surface area contributed by atoms with E-state index in [1.165, 1.54) is 0 Å². The van der Waals surface area contributed by atoms with E-state index in [0.717, 1.165) is 37.8 Å². The van der Waals surface area contributed by atoms with Crippen molar-refractivity contribution in [3.8, 4) is 0 Å². The van der Waals surface area contributed by atoms with E-state index < -0.39 is 31.1 Å². The van der Waals surface area contributed by atoms with E-state index in [1.54, 1.807) is 6.07 Å². The smallest absolute Gasteiger partial charge is 0.341 e. The van der Waals surface area contributed by atoms with E-state index in [-0.39, 0.29) is 12.2 Å². The van der Waals surface area contributed by atoms with Gasteiger partial charge in [-0.25, -0.2) is 8.42 Å². The standard InChI is InChI=1S/C16H18F2N4O4S/c17-16(18)27(25,26)13-5-6-14(15(9-13)22(23)24)19-10-11-7-8-21(20-11)12-3-1-2-4-12/h5-9,12,16,19H,1-4,10H2. The molecule has 2 aromatic rings. The fraction of sp³-hybridized carbons (Fsp3) is 0.438. The molecular weight excluding hydrogens is 382 g/mol. The number of nitro benzene ring substituents is 1. The van der Waals surface area contributed by atoms with Crippen LogP contribution in [0.3, 0.4) is 0 Å². The molecule has 1 heterocycles. The number of rotatable bonds is 7. The zero-order valence-corrected chi connectivity index (χ0v) is 15.0. The van der Waals surface area contributed by atoms with Gasteiger partial charge in [0.25, 0.3) is 5.69 Å². The van der Waals surface area contributed by atoms with Crippen molar-refractivity contribution < 1.29 is 22.1 Å². The monoisotopic (exact) mass is 400 g/mol. The average Bonchev–Trinajstić information content (AvgIpc) is 3.30. The number of alkyl halides is 2. The third-order valence-electron chi connectivity index (χ3n) is 4.55. The Morgan fingerprint density at radius 1 is 1.30 bits per heavy atom. The topological polar surface area (TPSA) is 107 Å². The van der Waals surface area contributed by atoms with Crippen molar-refractivity contribution in [3.05, 3.63) is 46.3 Å². The molecule has 1 saturated carbocycles. The lowest BCUT2D eigenvalue weighted by molar-refractivity contribution is -0.384. The first-order valence-electron chi connectivity index (χ1n) is 8.37. The van der Waals surface area contributed by atoms with Crippen molar-refractivity contribution in [2.45, 2.75) is 48.9 Å². The van der Waals surface area contributed by atoms with Crippen LogP contribution in [0.2, 0.25) is 0 Å². The molecule has 0 saturated heterocycles. The number of benzene rings is 1. The Bertz CT molecular complexity index is 940. The Morgan fingerprint density at radius 2 is 2.00 bits per heavy atom.